The van der Waals surface area contributed by atoms with Crippen molar-refractivity contribution in [1.82, 2.24) is 4.90 Å². The molecule has 2 heterocycles. The lowest BCUT2D eigenvalue weighted by Crippen LogP contribution is -2.40. The summed E-state index contributed by atoms with van der Waals surface area (Å²) >= 11 is 5.91. The number of likely N-dealkylation sites (tertiary alicyclic amines) is 1. The molecule has 3 aromatic rings. The van der Waals surface area contributed by atoms with Crippen LogP contribution >= 0.6 is 11.6 Å². The van der Waals surface area contributed by atoms with E-state index in [0.717, 1.165) is 6.07 Å². The van der Waals surface area contributed by atoms with Crippen molar-refractivity contribution in [1.29, 1.82) is 0 Å². The van der Waals surface area contributed by atoms with Gasteiger partial charge in [-0.25, -0.2) is 0 Å². The molecule has 0 saturated carbocycles. The van der Waals surface area contributed by atoms with Crippen molar-refractivity contribution in [2.45, 2.75) is 31.5 Å². The highest BCUT2D eigenvalue weighted by Crippen LogP contribution is 2.42. The van der Waals surface area contributed by atoms with Gasteiger partial charge in [-0.2, -0.15) is 0 Å². The molecular formula is C23H24ClNO6. The average molecular weight is 446 g/mol. The van der Waals surface area contributed by atoms with Gasteiger partial charge in [0.2, 0.25) is 5.43 Å². The number of piperidine rings is 1. The molecule has 1 saturated heterocycles. The Bertz CT molecular complexity index is 1190. The summed E-state index contributed by atoms with van der Waals surface area (Å²) in [5, 5.41) is 42.9. The number of aliphatic hydroxyl groups excluding tert-OH is 2. The molecule has 31 heavy (non-hydrogen) atoms. The molecule has 1 aliphatic heterocycles. The quantitative estimate of drug-likeness (QED) is 0.490. The van der Waals surface area contributed by atoms with Crippen molar-refractivity contribution in [2.75, 3.05) is 20.1 Å². The van der Waals surface area contributed by atoms with Gasteiger partial charge in [0.25, 0.3) is 0 Å². The molecule has 0 radical (unpaired) electrons. The first kappa shape index (κ1) is 21.6. The average Bonchev–Trinajstić information content (AvgIpc) is 2.69. The minimum atomic E-state index is -1.29. The van der Waals surface area contributed by atoms with Crippen LogP contribution in [0.15, 0.2) is 39.5 Å². The summed E-state index contributed by atoms with van der Waals surface area (Å²) in [6.45, 7) is 2.65. The molecule has 2 aromatic carbocycles. The molecule has 164 valence electrons. The smallest absolute Gasteiger partial charge is 0.202 e. The van der Waals surface area contributed by atoms with Gasteiger partial charge in [-0.05, 0) is 44.6 Å². The first-order valence-corrected chi connectivity index (χ1v) is 10.4. The molecule has 0 spiro atoms. The zero-order valence-corrected chi connectivity index (χ0v) is 17.9. The molecule has 0 bridgehead atoms. The largest absolute Gasteiger partial charge is 0.507 e. The molecule has 1 aliphatic rings. The second kappa shape index (κ2) is 8.16. The normalized spacial score (nSPS) is 20.8. The molecule has 3 atom stereocenters. The summed E-state index contributed by atoms with van der Waals surface area (Å²) in [5.41, 5.74) is 0.165. The Morgan fingerprint density at radius 3 is 2.52 bits per heavy atom. The number of likely N-dealkylation sites (N-methyl/N-ethyl adjacent to an activating group) is 1. The molecule has 8 heteroatoms. The number of aromatic hydroxyl groups is 2. The maximum absolute atomic E-state index is 13.4. The number of fused-ring (bicyclic) bond motifs is 1. The number of halogens is 1. The third-order valence-electron chi connectivity index (χ3n) is 6.00. The standard InChI is InChI=1S/C23H24ClNO6/c1-11-18(21(29)12-3-5-13(24)6-4-12)22(30)20-16(27)9-15(26)19(23(20)31-11)14-7-8-25(2)10-17(14)28/h3-6,9,14,17,21,26-29H,7-8,10H2,1-2H3/t14-,17+,21?/m0/s1. The highest BCUT2D eigenvalue weighted by Gasteiger charge is 2.34. The maximum atomic E-state index is 13.4. The van der Waals surface area contributed by atoms with E-state index >= 15 is 0 Å². The predicted molar refractivity (Wildman–Crippen MR) is 117 cm³/mol. The molecular weight excluding hydrogens is 422 g/mol. The Kier molecular flexibility index (Phi) is 5.70. The summed E-state index contributed by atoms with van der Waals surface area (Å²) < 4.78 is 5.93. The molecule has 4 N–H and O–H groups in total. The fourth-order valence-corrected chi connectivity index (χ4v) is 4.51. The molecule has 0 amide bonds. The Balaban J connectivity index is 1.92. The number of nitrogens with zero attached hydrogens (tertiary/aromatic N) is 1. The molecule has 7 nitrogen and oxygen atoms in total. The van der Waals surface area contributed by atoms with E-state index in [1.54, 1.807) is 31.2 Å². The molecule has 1 unspecified atom stereocenters. The third-order valence-corrected chi connectivity index (χ3v) is 6.25. The van der Waals surface area contributed by atoms with Crippen molar-refractivity contribution >= 4 is 22.6 Å². The molecule has 1 fully saturated rings. The number of hydrogen-bond donors (Lipinski definition) is 4. The van der Waals surface area contributed by atoms with Gasteiger partial charge in [0.15, 0.2) is 0 Å². The fraction of sp³-hybridized carbons (Fsp3) is 0.348. The Morgan fingerprint density at radius 2 is 1.87 bits per heavy atom. The lowest BCUT2D eigenvalue weighted by Gasteiger charge is -2.34. The van der Waals surface area contributed by atoms with E-state index < -0.39 is 29.3 Å². The second-order valence-corrected chi connectivity index (χ2v) is 8.55. The number of benzene rings is 2. The summed E-state index contributed by atoms with van der Waals surface area (Å²) in [7, 11) is 1.89. The van der Waals surface area contributed by atoms with Gasteiger partial charge in [0.1, 0.15) is 34.3 Å². The SMILES string of the molecule is Cc1oc2c([C@H]3CCN(C)C[C@H]3O)c(O)cc(O)c2c(=O)c1C(O)c1ccc(Cl)cc1. The van der Waals surface area contributed by atoms with Crippen LogP contribution < -0.4 is 5.43 Å². The summed E-state index contributed by atoms with van der Waals surface area (Å²) in [6.07, 6.45) is -1.52. The first-order chi connectivity index (χ1) is 14.7. The van der Waals surface area contributed by atoms with Crippen LogP contribution in [0.2, 0.25) is 5.02 Å². The maximum Gasteiger partial charge on any atom is 0.202 e. The first-order valence-electron chi connectivity index (χ1n) is 10.0. The number of phenols is 2. The van der Waals surface area contributed by atoms with Gasteiger partial charge in [-0.1, -0.05) is 23.7 Å². The number of phenolic OH excluding ortho intramolecular Hbond substituents is 2. The number of aliphatic hydroxyl groups is 2. The lowest BCUT2D eigenvalue weighted by atomic mass is 9.85. The second-order valence-electron chi connectivity index (χ2n) is 8.11. The van der Waals surface area contributed by atoms with Gasteiger partial charge in [0.05, 0.1) is 11.7 Å². The van der Waals surface area contributed by atoms with Gasteiger partial charge in [-0.3, -0.25) is 4.79 Å². The van der Waals surface area contributed by atoms with Crippen LogP contribution in [0.3, 0.4) is 0 Å². The van der Waals surface area contributed by atoms with Gasteiger partial charge < -0.3 is 29.7 Å². The van der Waals surface area contributed by atoms with Crippen molar-refractivity contribution < 1.29 is 24.8 Å². The minimum absolute atomic E-state index is 0.00862. The van der Waals surface area contributed by atoms with Crippen LogP contribution in [0.4, 0.5) is 0 Å². The Labute approximate surface area is 183 Å². The zero-order chi connectivity index (χ0) is 22.4. The topological polar surface area (TPSA) is 114 Å². The van der Waals surface area contributed by atoms with Crippen LogP contribution in [-0.2, 0) is 0 Å². The van der Waals surface area contributed by atoms with Gasteiger partial charge in [-0.15, -0.1) is 0 Å². The fourth-order valence-electron chi connectivity index (χ4n) is 4.39. The van der Waals surface area contributed by atoms with Crippen molar-refractivity contribution in [3.8, 4) is 11.5 Å². The summed E-state index contributed by atoms with van der Waals surface area (Å²) in [6, 6.07) is 7.51. The van der Waals surface area contributed by atoms with E-state index in [4.69, 9.17) is 16.0 Å². The Morgan fingerprint density at radius 1 is 1.19 bits per heavy atom. The minimum Gasteiger partial charge on any atom is -0.507 e. The van der Waals surface area contributed by atoms with Crippen molar-refractivity contribution in [3.63, 3.8) is 0 Å². The van der Waals surface area contributed by atoms with Gasteiger partial charge >= 0.3 is 0 Å². The third kappa shape index (κ3) is 3.78. The highest BCUT2D eigenvalue weighted by atomic mass is 35.5. The van der Waals surface area contributed by atoms with Crippen LogP contribution in [0.5, 0.6) is 11.5 Å². The molecule has 4 rings (SSSR count). The number of hydrogen-bond acceptors (Lipinski definition) is 7. The van der Waals surface area contributed by atoms with E-state index in [9.17, 15) is 25.2 Å². The van der Waals surface area contributed by atoms with Crippen LogP contribution in [0.25, 0.3) is 11.0 Å². The summed E-state index contributed by atoms with van der Waals surface area (Å²) in [5.74, 6) is -0.994. The lowest BCUT2D eigenvalue weighted by molar-refractivity contribution is 0.0630. The van der Waals surface area contributed by atoms with Gasteiger partial charge in [0, 0.05) is 29.1 Å². The van der Waals surface area contributed by atoms with Crippen LogP contribution in [-0.4, -0.2) is 51.6 Å². The van der Waals surface area contributed by atoms with Crippen molar-refractivity contribution in [3.05, 3.63) is 68.0 Å². The van der Waals surface area contributed by atoms with E-state index in [2.05, 4.69) is 0 Å². The van der Waals surface area contributed by atoms with E-state index in [-0.39, 0.29) is 28.0 Å². The number of β-amino-alcohol motifs (C(OH)–C–C–N with tert-alkyl or cyclic N) is 1. The molecule has 1 aromatic heterocycles. The van der Waals surface area contributed by atoms with E-state index in [1.165, 1.54) is 0 Å². The zero-order valence-electron chi connectivity index (χ0n) is 17.2. The van der Waals surface area contributed by atoms with Crippen molar-refractivity contribution in [2.24, 2.45) is 0 Å². The number of aryl methyl sites for hydroxylation is 1. The number of rotatable bonds is 3. The van der Waals surface area contributed by atoms with E-state index in [0.29, 0.717) is 35.7 Å². The summed E-state index contributed by atoms with van der Waals surface area (Å²) in [4.78, 5) is 15.3. The monoisotopic (exact) mass is 445 g/mol. The van der Waals surface area contributed by atoms with Crippen LogP contribution in [0.1, 0.15) is 40.9 Å². The van der Waals surface area contributed by atoms with Crippen LogP contribution in [0, 0.1) is 6.92 Å². The predicted octanol–water partition coefficient (Wildman–Crippen LogP) is 3.03. The highest BCUT2D eigenvalue weighted by molar-refractivity contribution is 6.30. The van der Waals surface area contributed by atoms with E-state index in [1.807, 2.05) is 11.9 Å². The Hall–Kier alpha value is -2.58. The molecule has 0 aliphatic carbocycles.